The second-order valence-electron chi connectivity index (χ2n) is 9.99. The summed E-state index contributed by atoms with van der Waals surface area (Å²) in [6.45, 7) is 5.20. The van der Waals surface area contributed by atoms with Crippen LogP contribution in [-0.4, -0.2) is 35.8 Å². The maximum absolute atomic E-state index is 12.6. The lowest BCUT2D eigenvalue weighted by Crippen LogP contribution is -2.58. The highest BCUT2D eigenvalue weighted by Gasteiger charge is 2.62. The Morgan fingerprint density at radius 2 is 2.00 bits per heavy atom. The highest BCUT2D eigenvalue weighted by Crippen LogP contribution is 2.65. The minimum atomic E-state index is -0.635. The van der Waals surface area contributed by atoms with Gasteiger partial charge in [0.2, 0.25) is 0 Å². The van der Waals surface area contributed by atoms with Crippen LogP contribution in [0, 0.1) is 44.6 Å². The van der Waals surface area contributed by atoms with Gasteiger partial charge in [0, 0.05) is 18.4 Å². The first-order chi connectivity index (χ1) is 13.8. The van der Waals surface area contributed by atoms with E-state index in [4.69, 9.17) is 15.4 Å². The molecule has 0 bridgehead atoms. The van der Waals surface area contributed by atoms with Gasteiger partial charge in [-0.2, -0.15) is 0 Å². The highest BCUT2D eigenvalue weighted by molar-refractivity contribution is 5.87. The van der Waals surface area contributed by atoms with Crippen LogP contribution in [0.15, 0.2) is 5.16 Å². The topological polar surface area (TPSA) is 117 Å². The predicted octanol–water partition coefficient (Wildman–Crippen LogP) is 3.12. The molecule has 0 aromatic rings. The molecule has 8 heteroatoms. The minimum Gasteiger partial charge on any atom is -0.395 e. The van der Waals surface area contributed by atoms with Gasteiger partial charge in [-0.1, -0.05) is 19.0 Å². The zero-order chi connectivity index (χ0) is 20.8. The van der Waals surface area contributed by atoms with E-state index in [0.29, 0.717) is 56.0 Å². The molecule has 0 aliphatic heterocycles. The lowest BCUT2D eigenvalue weighted by atomic mass is 9.44. The average Bonchev–Trinajstić information content (AvgIpc) is 2.97. The number of oxime groups is 1. The molecule has 0 aromatic carbocycles. The summed E-state index contributed by atoms with van der Waals surface area (Å²) >= 11 is 0. The molecular weight excluding hydrogens is 374 g/mol. The van der Waals surface area contributed by atoms with Gasteiger partial charge in [0.1, 0.15) is 18.5 Å². The molecule has 0 aromatic heterocycles. The molecule has 0 unspecified atom stereocenters. The summed E-state index contributed by atoms with van der Waals surface area (Å²) in [4.78, 5) is 34.5. The van der Waals surface area contributed by atoms with E-state index in [9.17, 15) is 14.9 Å². The summed E-state index contributed by atoms with van der Waals surface area (Å²) in [6, 6.07) is 0. The first-order valence-corrected chi connectivity index (χ1v) is 11.0. The molecule has 162 valence electrons. The fraction of sp³-hybridized carbons (Fsp3) is 0.905. The van der Waals surface area contributed by atoms with E-state index in [1.54, 1.807) is 0 Å². The van der Waals surface area contributed by atoms with Gasteiger partial charge in [0.05, 0.1) is 5.71 Å². The molecule has 4 aliphatic carbocycles. The van der Waals surface area contributed by atoms with Crippen LogP contribution >= 0.6 is 0 Å². The maximum Gasteiger partial charge on any atom is 0.294 e. The summed E-state index contributed by atoms with van der Waals surface area (Å²) in [5, 5.41) is 14.9. The molecule has 0 spiro atoms. The number of Topliss-reactive ketones (excluding diaryl/α,β-unsaturated/α-hetero) is 1. The Bertz CT molecular complexity index is 712. The number of hydrogen-bond donors (Lipinski definition) is 1. The summed E-state index contributed by atoms with van der Waals surface area (Å²) in [5.74, 6) is 1.56. The second-order valence-corrected chi connectivity index (χ2v) is 9.99. The minimum absolute atomic E-state index is 0.0382. The quantitative estimate of drug-likeness (QED) is 0.425. The van der Waals surface area contributed by atoms with Crippen molar-refractivity contribution in [3.63, 3.8) is 0 Å². The zero-order valence-corrected chi connectivity index (χ0v) is 17.5. The number of nitrogens with zero attached hydrogens (tertiary/aromatic N) is 2. The molecule has 4 fully saturated rings. The fourth-order valence-electron chi connectivity index (χ4n) is 7.34. The molecule has 0 radical (unpaired) electrons. The molecule has 0 heterocycles. The molecule has 2 N–H and O–H groups in total. The molecule has 0 amide bonds. The van der Waals surface area contributed by atoms with Crippen LogP contribution in [-0.2, 0) is 14.5 Å². The van der Waals surface area contributed by atoms with Crippen molar-refractivity contribution in [2.75, 3.05) is 13.2 Å². The number of rotatable bonds is 5. The smallest absolute Gasteiger partial charge is 0.294 e. The first-order valence-electron chi connectivity index (χ1n) is 11.0. The summed E-state index contributed by atoms with van der Waals surface area (Å²) in [6.07, 6.45) is 6.20. The van der Waals surface area contributed by atoms with Crippen LogP contribution in [0.2, 0.25) is 0 Å². The Morgan fingerprint density at radius 1 is 1.21 bits per heavy atom. The van der Waals surface area contributed by atoms with Crippen molar-refractivity contribution >= 4 is 11.5 Å². The first kappa shape index (κ1) is 20.6. The molecule has 8 nitrogen and oxygen atoms in total. The van der Waals surface area contributed by atoms with Gasteiger partial charge in [0.25, 0.3) is 5.09 Å². The molecule has 4 aliphatic rings. The van der Waals surface area contributed by atoms with Gasteiger partial charge in [-0.3, -0.25) is 4.79 Å². The van der Waals surface area contributed by atoms with Crippen LogP contribution in [0.5, 0.6) is 0 Å². The summed E-state index contributed by atoms with van der Waals surface area (Å²) < 4.78 is 0. The predicted molar refractivity (Wildman–Crippen MR) is 106 cm³/mol. The number of fused-ring (bicyclic) bond motifs is 5. The van der Waals surface area contributed by atoms with E-state index in [1.807, 2.05) is 0 Å². The summed E-state index contributed by atoms with van der Waals surface area (Å²) in [5.41, 5.74) is 6.14. The molecule has 4 rings (SSSR count). The van der Waals surface area contributed by atoms with E-state index in [0.717, 1.165) is 37.8 Å². The average molecular weight is 408 g/mol. The lowest BCUT2D eigenvalue weighted by Gasteiger charge is -2.61. The van der Waals surface area contributed by atoms with Crippen LogP contribution < -0.4 is 5.73 Å². The monoisotopic (exact) mass is 407 g/mol. The molecule has 7 atom stereocenters. The third-order valence-electron chi connectivity index (χ3n) is 8.83. The Balaban J connectivity index is 1.63. The van der Waals surface area contributed by atoms with Crippen molar-refractivity contribution in [1.82, 2.24) is 0 Å². The van der Waals surface area contributed by atoms with Crippen molar-refractivity contribution < 1.29 is 19.6 Å². The normalized spacial score (nSPS) is 45.3. The molecule has 29 heavy (non-hydrogen) atoms. The van der Waals surface area contributed by atoms with Crippen LogP contribution in [0.4, 0.5) is 0 Å². The molecular formula is C21H33N3O5. The Labute approximate surface area is 171 Å². The van der Waals surface area contributed by atoms with E-state index < -0.39 is 11.2 Å². The van der Waals surface area contributed by atoms with E-state index >= 15 is 0 Å². The third kappa shape index (κ3) is 3.33. The highest BCUT2D eigenvalue weighted by atomic mass is 17.0. The number of nitrogens with two attached hydrogens (primary N) is 1. The molecule has 4 saturated carbocycles. The third-order valence-corrected chi connectivity index (χ3v) is 8.83. The van der Waals surface area contributed by atoms with Crippen molar-refractivity contribution in [3.8, 4) is 0 Å². The van der Waals surface area contributed by atoms with Crippen molar-refractivity contribution in [1.29, 1.82) is 0 Å². The van der Waals surface area contributed by atoms with E-state index in [2.05, 4.69) is 19.0 Å². The zero-order valence-electron chi connectivity index (χ0n) is 17.5. The van der Waals surface area contributed by atoms with Crippen molar-refractivity contribution in [2.45, 2.75) is 71.3 Å². The van der Waals surface area contributed by atoms with Gasteiger partial charge in [-0.25, -0.2) is 0 Å². The Morgan fingerprint density at radius 3 is 2.72 bits per heavy atom. The van der Waals surface area contributed by atoms with Crippen LogP contribution in [0.3, 0.4) is 0 Å². The van der Waals surface area contributed by atoms with Gasteiger partial charge in [-0.15, -0.1) is 10.1 Å². The SMILES string of the molecule is C[C@]12CC/C(=N\OCCN)C[C@@H]1[C@H](O[N+](=O)[O-])C[C@@H]1[C@@H]2CC[C@]2(C)C(=O)CC[C@@H]12. The van der Waals surface area contributed by atoms with Gasteiger partial charge >= 0.3 is 0 Å². The number of carbonyl (C=O) groups excluding carboxylic acids is 1. The van der Waals surface area contributed by atoms with Gasteiger partial charge in [-0.05, 0) is 74.0 Å². The Kier molecular flexibility index (Phi) is 5.34. The van der Waals surface area contributed by atoms with Gasteiger partial charge < -0.3 is 15.4 Å². The molecule has 0 saturated heterocycles. The second kappa shape index (κ2) is 7.52. The largest absolute Gasteiger partial charge is 0.395 e. The van der Waals surface area contributed by atoms with Crippen molar-refractivity contribution in [3.05, 3.63) is 10.1 Å². The Hall–Kier alpha value is -1.70. The fourth-order valence-corrected chi connectivity index (χ4v) is 7.34. The van der Waals surface area contributed by atoms with Crippen molar-refractivity contribution in [2.24, 2.45) is 45.4 Å². The van der Waals surface area contributed by atoms with Gasteiger partial charge in [0.15, 0.2) is 0 Å². The van der Waals surface area contributed by atoms with E-state index in [-0.39, 0.29) is 16.7 Å². The number of carbonyl (C=O) groups is 1. The number of hydrogen-bond acceptors (Lipinski definition) is 7. The number of ketones is 1. The maximum atomic E-state index is 12.6. The van der Waals surface area contributed by atoms with Crippen LogP contribution in [0.25, 0.3) is 0 Å². The lowest BCUT2D eigenvalue weighted by molar-refractivity contribution is -0.772. The van der Waals surface area contributed by atoms with Crippen LogP contribution in [0.1, 0.15) is 65.2 Å². The van der Waals surface area contributed by atoms with E-state index in [1.165, 1.54) is 0 Å². The standard InChI is InChI=1S/C21H33N3O5/c1-20-7-5-13(23-28-10-9-22)11-17(20)18(29-24(26)27)12-14-15-3-4-19(25)21(15,2)8-6-16(14)20/h14-18H,3-12,22H2,1-2H3/b23-13+/t14-,15-,16-,17+,18+,20+,21-/m0/s1. The summed E-state index contributed by atoms with van der Waals surface area (Å²) in [7, 11) is 0.